The summed E-state index contributed by atoms with van der Waals surface area (Å²) in [5, 5.41) is 9.25. The van der Waals surface area contributed by atoms with Crippen LogP contribution in [0.1, 0.15) is 23.2 Å². The van der Waals surface area contributed by atoms with E-state index in [0.29, 0.717) is 28.3 Å². The molecule has 0 spiro atoms. The summed E-state index contributed by atoms with van der Waals surface area (Å²) in [6.45, 7) is 0. The minimum absolute atomic E-state index is 0.135. The molecule has 0 radical (unpaired) electrons. The van der Waals surface area contributed by atoms with Gasteiger partial charge in [-0.15, -0.1) is 0 Å². The normalized spacial score (nSPS) is 19.1. The highest BCUT2D eigenvalue weighted by Gasteiger charge is 2.39. The van der Waals surface area contributed by atoms with Crippen molar-refractivity contribution in [3.63, 3.8) is 0 Å². The lowest BCUT2D eigenvalue weighted by Gasteiger charge is -2.17. The second kappa shape index (κ2) is 7.10. The third kappa shape index (κ3) is 3.47. The Kier molecular flexibility index (Phi) is 4.69. The van der Waals surface area contributed by atoms with Crippen LogP contribution in [0.25, 0.3) is 0 Å². The van der Waals surface area contributed by atoms with Crippen LogP contribution in [0, 0.1) is 0 Å². The highest BCUT2D eigenvalue weighted by molar-refractivity contribution is 7.86. The number of carbonyl (C=O) groups is 2. The molecule has 0 saturated carbocycles. The molecule has 10 nitrogen and oxygen atoms in total. The average molecular weight is 433 g/mol. The third-order valence-corrected chi connectivity index (χ3v) is 5.32. The Morgan fingerprint density at radius 3 is 2.33 bits per heavy atom. The maximum atomic E-state index is 12.1. The van der Waals surface area contributed by atoms with Crippen LogP contribution in [0.4, 0.5) is 17.1 Å². The number of hydrogen-bond acceptors (Lipinski definition) is 9. The second-order valence-corrected chi connectivity index (χ2v) is 8.42. The maximum Gasteiger partial charge on any atom is 0.322 e. The van der Waals surface area contributed by atoms with Gasteiger partial charge in [0.05, 0.1) is 31.9 Å². The molecule has 2 aromatic carbocycles. The van der Waals surface area contributed by atoms with E-state index in [9.17, 15) is 18.0 Å². The van der Waals surface area contributed by atoms with Gasteiger partial charge in [0, 0.05) is 22.9 Å². The predicted octanol–water partition coefficient (Wildman–Crippen LogP) is 1.78. The van der Waals surface area contributed by atoms with Crippen LogP contribution < -0.4 is 24.9 Å². The van der Waals surface area contributed by atoms with E-state index >= 15 is 0 Å². The lowest BCUT2D eigenvalue weighted by molar-refractivity contribution is -0.144. The van der Waals surface area contributed by atoms with Crippen molar-refractivity contribution in [2.45, 2.75) is 12.1 Å². The Labute approximate surface area is 172 Å². The fourth-order valence-corrected chi connectivity index (χ4v) is 4.01. The highest BCUT2D eigenvalue weighted by Crippen LogP contribution is 2.45. The summed E-state index contributed by atoms with van der Waals surface area (Å²) in [6.07, 6.45) is 0.570. The zero-order valence-electron chi connectivity index (χ0n) is 16.3. The van der Waals surface area contributed by atoms with Crippen molar-refractivity contribution in [1.29, 1.82) is 0 Å². The fraction of sp³-hybridized carbons (Fsp3) is 0.263. The third-order valence-electron chi connectivity index (χ3n) is 4.82. The van der Waals surface area contributed by atoms with Crippen LogP contribution in [0.5, 0.6) is 11.5 Å². The van der Waals surface area contributed by atoms with Gasteiger partial charge in [0.15, 0.2) is 5.92 Å². The molecule has 2 heterocycles. The molecule has 30 heavy (non-hydrogen) atoms. The molecule has 2 unspecified atom stereocenters. The number of carbonyl (C=O) groups excluding carboxylic acids is 2. The van der Waals surface area contributed by atoms with Crippen LogP contribution in [-0.2, 0) is 24.4 Å². The van der Waals surface area contributed by atoms with Gasteiger partial charge in [0.1, 0.15) is 17.7 Å². The van der Waals surface area contributed by atoms with Gasteiger partial charge < -0.3 is 29.6 Å². The quantitative estimate of drug-likeness (QED) is 0.367. The Bertz CT molecular complexity index is 1160. The molecule has 11 heteroatoms. The lowest BCUT2D eigenvalue weighted by atomic mass is 10.00. The number of esters is 1. The van der Waals surface area contributed by atoms with E-state index in [4.69, 9.17) is 13.7 Å². The monoisotopic (exact) mass is 433 g/mol. The molecule has 158 valence electrons. The average Bonchev–Trinajstić information content (AvgIpc) is 3.23. The number of benzene rings is 2. The van der Waals surface area contributed by atoms with Crippen molar-refractivity contribution in [2.75, 3.05) is 36.4 Å². The molecule has 0 saturated heterocycles. The van der Waals surface area contributed by atoms with E-state index in [1.54, 1.807) is 18.2 Å². The summed E-state index contributed by atoms with van der Waals surface area (Å²) < 4.78 is 37.7. The van der Waals surface area contributed by atoms with Gasteiger partial charge >= 0.3 is 16.1 Å². The Hall–Kier alpha value is -3.47. The number of methoxy groups -OCH3 is 2. The minimum Gasteiger partial charge on any atom is -0.496 e. The van der Waals surface area contributed by atoms with E-state index in [-0.39, 0.29) is 5.75 Å². The molecule has 2 aromatic rings. The van der Waals surface area contributed by atoms with Crippen LogP contribution in [0.15, 0.2) is 30.3 Å². The van der Waals surface area contributed by atoms with Gasteiger partial charge in [0.2, 0.25) is 5.91 Å². The first-order valence-electron chi connectivity index (χ1n) is 8.87. The van der Waals surface area contributed by atoms with Gasteiger partial charge in [-0.2, -0.15) is 8.42 Å². The largest absolute Gasteiger partial charge is 0.496 e. The SMILES string of the molecule is COC(=O)C1C(=O)Nc2cc3c(cc21)NC(c1ccc(OS(C)(=O)=O)cc1OC)N3. The smallest absolute Gasteiger partial charge is 0.322 e. The fourth-order valence-electron chi connectivity index (χ4n) is 3.56. The number of anilines is 3. The lowest BCUT2D eigenvalue weighted by Crippen LogP contribution is -2.21. The summed E-state index contributed by atoms with van der Waals surface area (Å²) in [5.74, 6) is -1.52. The molecule has 3 N–H and O–H groups in total. The van der Waals surface area contributed by atoms with Gasteiger partial charge in [-0.05, 0) is 24.3 Å². The van der Waals surface area contributed by atoms with Gasteiger partial charge in [0.25, 0.3) is 0 Å². The standard InChI is InChI=1S/C19H19N3O7S/c1-27-15-6-9(29-30(3,25)26)4-5-10(15)17-20-13-7-11-12(8-14(13)21-17)22-18(23)16(11)19(24)28-2/h4-8,16-17,20-21H,1-3H3,(H,22,23). The van der Waals surface area contributed by atoms with Crippen LogP contribution in [0.3, 0.4) is 0 Å². The molecular weight excluding hydrogens is 414 g/mol. The number of ether oxygens (including phenoxy) is 2. The molecule has 0 bridgehead atoms. The zero-order valence-corrected chi connectivity index (χ0v) is 17.1. The molecule has 2 aliphatic heterocycles. The van der Waals surface area contributed by atoms with Crippen molar-refractivity contribution in [2.24, 2.45) is 0 Å². The minimum atomic E-state index is -3.66. The van der Waals surface area contributed by atoms with E-state index in [0.717, 1.165) is 11.9 Å². The number of fused-ring (bicyclic) bond motifs is 2. The van der Waals surface area contributed by atoms with Crippen molar-refractivity contribution in [1.82, 2.24) is 0 Å². The Morgan fingerprint density at radius 1 is 1.00 bits per heavy atom. The van der Waals surface area contributed by atoms with Crippen molar-refractivity contribution < 1.29 is 31.7 Å². The molecule has 0 aliphatic carbocycles. The summed E-state index contributed by atoms with van der Waals surface area (Å²) in [6, 6.07) is 8.16. The van der Waals surface area contributed by atoms with E-state index in [1.807, 2.05) is 0 Å². The number of nitrogens with one attached hydrogen (secondary N) is 3. The van der Waals surface area contributed by atoms with Crippen LogP contribution in [-0.4, -0.2) is 40.8 Å². The summed E-state index contributed by atoms with van der Waals surface area (Å²) >= 11 is 0. The molecule has 0 fully saturated rings. The van der Waals surface area contributed by atoms with Crippen LogP contribution in [0.2, 0.25) is 0 Å². The number of rotatable bonds is 5. The molecular formula is C19H19N3O7S. The Balaban J connectivity index is 1.63. The summed E-state index contributed by atoms with van der Waals surface area (Å²) in [4.78, 5) is 24.1. The molecule has 2 aliphatic rings. The van der Waals surface area contributed by atoms with Gasteiger partial charge in [-0.3, -0.25) is 9.59 Å². The first kappa shape index (κ1) is 19.8. The van der Waals surface area contributed by atoms with Gasteiger partial charge in [-0.1, -0.05) is 0 Å². The molecule has 4 rings (SSSR count). The van der Waals surface area contributed by atoms with Crippen LogP contribution >= 0.6 is 0 Å². The molecule has 2 atom stereocenters. The summed E-state index contributed by atoms with van der Waals surface area (Å²) in [5.41, 5.74) is 3.20. The second-order valence-electron chi connectivity index (χ2n) is 6.84. The Morgan fingerprint density at radius 2 is 1.70 bits per heavy atom. The van der Waals surface area contributed by atoms with Gasteiger partial charge in [-0.25, -0.2) is 0 Å². The topological polar surface area (TPSA) is 132 Å². The summed E-state index contributed by atoms with van der Waals surface area (Å²) in [7, 11) is -0.957. The van der Waals surface area contributed by atoms with Crippen molar-refractivity contribution >= 4 is 39.1 Å². The zero-order chi connectivity index (χ0) is 21.6. The molecule has 0 aromatic heterocycles. The first-order valence-corrected chi connectivity index (χ1v) is 10.7. The van der Waals surface area contributed by atoms with E-state index < -0.39 is 34.1 Å². The highest BCUT2D eigenvalue weighted by atomic mass is 32.2. The predicted molar refractivity (Wildman–Crippen MR) is 108 cm³/mol. The van der Waals surface area contributed by atoms with E-state index in [1.165, 1.54) is 26.4 Å². The van der Waals surface area contributed by atoms with Crippen molar-refractivity contribution in [3.05, 3.63) is 41.5 Å². The first-order chi connectivity index (χ1) is 14.2. The number of hydrogen-bond donors (Lipinski definition) is 3. The van der Waals surface area contributed by atoms with Crippen molar-refractivity contribution in [3.8, 4) is 11.5 Å². The maximum absolute atomic E-state index is 12.1. The molecule has 1 amide bonds. The van der Waals surface area contributed by atoms with E-state index in [2.05, 4.69) is 16.0 Å². The number of amides is 1.